The molecule has 0 aromatic rings. The number of alkyl carbamates (subject to hydrolysis) is 1. The van der Waals surface area contributed by atoms with Crippen LogP contribution in [-0.2, 0) is 4.74 Å². The Labute approximate surface area is 59.6 Å². The fraction of sp³-hybridized carbons (Fsp3) is 0.833. The van der Waals surface area contributed by atoms with Crippen LogP contribution >= 0.6 is 0 Å². The summed E-state index contributed by atoms with van der Waals surface area (Å²) in [4.78, 5) is 10.3. The average Bonchev–Trinajstić information content (AvgIpc) is 1.89. The fourth-order valence-corrected chi connectivity index (χ4v) is 0.468. The molecule has 0 saturated carbocycles. The Balaban J connectivity index is 3.05. The van der Waals surface area contributed by atoms with Crippen molar-refractivity contribution < 1.29 is 13.9 Å². The summed E-state index contributed by atoms with van der Waals surface area (Å²) < 4.78 is 15.2. The summed E-state index contributed by atoms with van der Waals surface area (Å²) in [7, 11) is 0. The highest BCUT2D eigenvalue weighted by Crippen LogP contribution is 1.83. The Kier molecular flexibility index (Phi) is 5.82. The number of ether oxygens (including phenoxy) is 1. The molecule has 0 aliphatic carbocycles. The minimum atomic E-state index is -1.06. The van der Waals surface area contributed by atoms with Crippen molar-refractivity contribution in [2.75, 3.05) is 13.4 Å². The van der Waals surface area contributed by atoms with E-state index in [1.165, 1.54) is 0 Å². The van der Waals surface area contributed by atoms with E-state index in [4.69, 9.17) is 0 Å². The van der Waals surface area contributed by atoms with Gasteiger partial charge in [-0.25, -0.2) is 9.18 Å². The van der Waals surface area contributed by atoms with Crippen molar-refractivity contribution in [2.45, 2.75) is 19.8 Å². The average molecular weight is 149 g/mol. The first-order valence-corrected chi connectivity index (χ1v) is 3.27. The van der Waals surface area contributed by atoms with Crippen LogP contribution in [0.1, 0.15) is 19.8 Å². The van der Waals surface area contributed by atoms with Crippen LogP contribution in [0.15, 0.2) is 0 Å². The first-order chi connectivity index (χ1) is 4.81. The predicted octanol–water partition coefficient (Wildman–Crippen LogP) is 1.44. The summed E-state index contributed by atoms with van der Waals surface area (Å²) in [5, 5.41) is 2.38. The van der Waals surface area contributed by atoms with Crippen LogP contribution in [0.25, 0.3) is 0 Å². The second-order valence-electron chi connectivity index (χ2n) is 1.82. The molecule has 4 heteroatoms. The molecule has 0 bridgehead atoms. The lowest BCUT2D eigenvalue weighted by molar-refractivity contribution is 0.0983. The molecule has 0 fully saturated rings. The van der Waals surface area contributed by atoms with Crippen LogP contribution < -0.4 is 5.32 Å². The molecule has 0 heterocycles. The second-order valence-corrected chi connectivity index (χ2v) is 1.82. The van der Waals surface area contributed by atoms with E-state index in [9.17, 15) is 9.18 Å². The number of nitrogens with one attached hydrogen (secondary N) is 1. The zero-order valence-corrected chi connectivity index (χ0v) is 6.02. The lowest BCUT2D eigenvalue weighted by Crippen LogP contribution is -2.24. The topological polar surface area (TPSA) is 38.3 Å². The van der Waals surface area contributed by atoms with Crippen molar-refractivity contribution in [1.29, 1.82) is 0 Å². The lowest BCUT2D eigenvalue weighted by Gasteiger charge is -2.01. The fourth-order valence-electron chi connectivity index (χ4n) is 0.468. The van der Waals surface area contributed by atoms with E-state index in [1.54, 1.807) is 0 Å². The van der Waals surface area contributed by atoms with Gasteiger partial charge >= 0.3 is 6.09 Å². The first-order valence-electron chi connectivity index (χ1n) is 3.27. The Morgan fingerprint density at radius 1 is 1.70 bits per heavy atom. The molecule has 0 spiro atoms. The molecule has 0 aromatic heterocycles. The smallest absolute Gasteiger partial charge is 0.409 e. The number of halogens is 1. The molecule has 60 valence electrons. The van der Waals surface area contributed by atoms with Gasteiger partial charge in [0.05, 0.1) is 0 Å². The summed E-state index contributed by atoms with van der Waals surface area (Å²) in [6.45, 7) is 1.50. The zero-order valence-electron chi connectivity index (χ0n) is 6.02. The van der Waals surface area contributed by atoms with Gasteiger partial charge < -0.3 is 10.1 Å². The van der Waals surface area contributed by atoms with Crippen molar-refractivity contribution in [3.8, 4) is 0 Å². The molecule has 1 N–H and O–H groups in total. The van der Waals surface area contributed by atoms with E-state index in [1.807, 2.05) is 6.92 Å². The molecule has 0 aliphatic rings. The number of alkyl halides is 1. The number of carbonyl (C=O) groups is 1. The van der Waals surface area contributed by atoms with Crippen LogP contribution in [0.3, 0.4) is 0 Å². The lowest BCUT2D eigenvalue weighted by atomic mass is 10.3. The molecule has 0 rings (SSSR count). The van der Waals surface area contributed by atoms with Crippen LogP contribution in [-0.4, -0.2) is 19.5 Å². The standard InChI is InChI=1S/C6H12FNO2/c1-2-3-4-8-6(9)10-5-7/h2-5H2,1H3,(H,8,9). The number of amides is 1. The van der Waals surface area contributed by atoms with E-state index in [2.05, 4.69) is 10.1 Å². The van der Waals surface area contributed by atoms with E-state index < -0.39 is 13.0 Å². The van der Waals surface area contributed by atoms with Crippen LogP contribution in [0.4, 0.5) is 9.18 Å². The third-order valence-electron chi connectivity index (χ3n) is 0.985. The SMILES string of the molecule is CCCCNC(=O)OCF. The molecular formula is C6H12FNO2. The molecule has 0 radical (unpaired) electrons. The van der Waals surface area contributed by atoms with Crippen molar-refractivity contribution in [1.82, 2.24) is 5.32 Å². The van der Waals surface area contributed by atoms with Crippen molar-refractivity contribution in [3.63, 3.8) is 0 Å². The first kappa shape index (κ1) is 9.20. The monoisotopic (exact) mass is 149 g/mol. The highest BCUT2D eigenvalue weighted by molar-refractivity contribution is 5.66. The second kappa shape index (κ2) is 6.32. The summed E-state index contributed by atoms with van der Waals surface area (Å²) in [6.07, 6.45) is 1.20. The third-order valence-corrected chi connectivity index (χ3v) is 0.985. The van der Waals surface area contributed by atoms with Gasteiger partial charge in [0.25, 0.3) is 0 Å². The molecule has 0 unspecified atom stereocenters. The number of unbranched alkanes of at least 4 members (excludes halogenated alkanes) is 1. The van der Waals surface area contributed by atoms with Gasteiger partial charge in [-0.2, -0.15) is 0 Å². The van der Waals surface area contributed by atoms with Crippen molar-refractivity contribution >= 4 is 6.09 Å². The number of hydrogen-bond donors (Lipinski definition) is 1. The summed E-state index contributed by atoms with van der Waals surface area (Å²) >= 11 is 0. The number of hydrogen-bond acceptors (Lipinski definition) is 2. The quantitative estimate of drug-likeness (QED) is 0.614. The highest BCUT2D eigenvalue weighted by Gasteiger charge is 1.97. The maximum Gasteiger partial charge on any atom is 0.409 e. The van der Waals surface area contributed by atoms with Crippen LogP contribution in [0, 0.1) is 0 Å². The summed E-state index contributed by atoms with van der Waals surface area (Å²) in [6, 6.07) is 0. The molecule has 3 nitrogen and oxygen atoms in total. The number of rotatable bonds is 4. The minimum absolute atomic E-state index is 0.551. The van der Waals surface area contributed by atoms with Gasteiger partial charge in [0, 0.05) is 6.54 Å². The van der Waals surface area contributed by atoms with Crippen LogP contribution in [0.2, 0.25) is 0 Å². The van der Waals surface area contributed by atoms with Gasteiger partial charge in [-0.05, 0) is 6.42 Å². The minimum Gasteiger partial charge on any atom is -0.418 e. The van der Waals surface area contributed by atoms with Crippen molar-refractivity contribution in [2.24, 2.45) is 0 Å². The van der Waals surface area contributed by atoms with Crippen LogP contribution in [0.5, 0.6) is 0 Å². The van der Waals surface area contributed by atoms with E-state index in [-0.39, 0.29) is 0 Å². The van der Waals surface area contributed by atoms with E-state index >= 15 is 0 Å². The van der Waals surface area contributed by atoms with E-state index in [0.717, 1.165) is 12.8 Å². The van der Waals surface area contributed by atoms with Gasteiger partial charge in [-0.3, -0.25) is 0 Å². The molecule has 1 amide bonds. The zero-order chi connectivity index (χ0) is 7.82. The van der Waals surface area contributed by atoms with Gasteiger partial charge in [-0.15, -0.1) is 0 Å². The van der Waals surface area contributed by atoms with Gasteiger partial charge in [-0.1, -0.05) is 13.3 Å². The molecule has 0 aliphatic heterocycles. The van der Waals surface area contributed by atoms with Gasteiger partial charge in [0.1, 0.15) is 0 Å². The Morgan fingerprint density at radius 3 is 2.90 bits per heavy atom. The Bertz CT molecular complexity index is 97.7. The molecule has 0 saturated heterocycles. The molecular weight excluding hydrogens is 137 g/mol. The molecule has 0 aromatic carbocycles. The van der Waals surface area contributed by atoms with Crippen molar-refractivity contribution in [3.05, 3.63) is 0 Å². The largest absolute Gasteiger partial charge is 0.418 e. The Morgan fingerprint density at radius 2 is 2.40 bits per heavy atom. The van der Waals surface area contributed by atoms with Gasteiger partial charge in [0.15, 0.2) is 0 Å². The maximum atomic E-state index is 11.3. The predicted molar refractivity (Wildman–Crippen MR) is 35.4 cm³/mol. The molecule has 0 atom stereocenters. The maximum absolute atomic E-state index is 11.3. The third kappa shape index (κ3) is 5.34. The highest BCUT2D eigenvalue weighted by atomic mass is 19.1. The summed E-state index contributed by atoms with van der Waals surface area (Å²) in [5.74, 6) is 0. The van der Waals surface area contributed by atoms with E-state index in [0.29, 0.717) is 6.54 Å². The Hall–Kier alpha value is -0.800. The molecule has 10 heavy (non-hydrogen) atoms. The summed E-state index contributed by atoms with van der Waals surface area (Å²) in [5.41, 5.74) is 0. The normalized spacial score (nSPS) is 9.00. The van der Waals surface area contributed by atoms with Gasteiger partial charge in [0.2, 0.25) is 6.86 Å². The number of carbonyl (C=O) groups excluding carboxylic acids is 1.